The largest absolute Gasteiger partial charge is 0.507 e. The van der Waals surface area contributed by atoms with Gasteiger partial charge in [0.15, 0.2) is 0 Å². The molecule has 0 aromatic heterocycles. The minimum atomic E-state index is -0.166. The van der Waals surface area contributed by atoms with Crippen LogP contribution in [0.5, 0.6) is 5.75 Å². The Kier molecular flexibility index (Phi) is 7.25. The fourth-order valence-corrected chi connectivity index (χ4v) is 5.52. The number of para-hydroxylation sites is 1. The molecule has 3 rings (SSSR count). The maximum absolute atomic E-state index is 11.3. The Balaban J connectivity index is 2.06. The Bertz CT molecular complexity index is 1110. The molecule has 0 saturated heterocycles. The van der Waals surface area contributed by atoms with Crippen LogP contribution in [-0.4, -0.2) is 11.3 Å². The maximum Gasteiger partial charge on any atom is 0.123 e. The molecule has 3 aromatic rings. The Labute approximate surface area is 195 Å². The molecule has 0 aliphatic carbocycles. The molecule has 0 saturated carbocycles. The first-order chi connectivity index (χ1) is 15.0. The van der Waals surface area contributed by atoms with Gasteiger partial charge in [-0.05, 0) is 54.8 Å². The van der Waals surface area contributed by atoms with Gasteiger partial charge in [0.25, 0.3) is 0 Å². The molecule has 2 atom stereocenters. The molecule has 0 fully saturated rings. The second-order valence-electron chi connectivity index (χ2n) is 9.95. The third kappa shape index (κ3) is 5.48. The van der Waals surface area contributed by atoms with Crippen LogP contribution in [0.1, 0.15) is 68.9 Å². The van der Waals surface area contributed by atoms with Crippen molar-refractivity contribution in [3.63, 3.8) is 0 Å². The van der Waals surface area contributed by atoms with E-state index >= 15 is 0 Å². The van der Waals surface area contributed by atoms with Crippen molar-refractivity contribution >= 4 is 25.8 Å². The van der Waals surface area contributed by atoms with Crippen LogP contribution in [0.25, 0.3) is 0 Å². The van der Waals surface area contributed by atoms with Crippen molar-refractivity contribution in [2.24, 2.45) is 4.99 Å². The Morgan fingerprint density at radius 3 is 2.16 bits per heavy atom. The van der Waals surface area contributed by atoms with Gasteiger partial charge >= 0.3 is 0 Å². The van der Waals surface area contributed by atoms with Gasteiger partial charge in [-0.15, -0.1) is 0 Å². The normalized spacial score (nSPS) is 14.3. The van der Waals surface area contributed by atoms with Gasteiger partial charge in [-0.25, -0.2) is 0 Å². The summed E-state index contributed by atoms with van der Waals surface area (Å²) in [6.45, 7) is 15.2. The van der Waals surface area contributed by atoms with Crippen LogP contribution in [0.2, 0.25) is 0 Å². The maximum atomic E-state index is 11.3. The van der Waals surface area contributed by atoms with Gasteiger partial charge in [0, 0.05) is 22.5 Å². The second-order valence-corrected chi connectivity index (χ2v) is 11.8. The third-order valence-electron chi connectivity index (χ3n) is 6.09. The van der Waals surface area contributed by atoms with Crippen molar-refractivity contribution in [3.05, 3.63) is 88.5 Å². The van der Waals surface area contributed by atoms with Crippen molar-refractivity contribution in [1.82, 2.24) is 0 Å². The molecule has 2 nitrogen and oxygen atoms in total. The van der Waals surface area contributed by atoms with E-state index in [4.69, 9.17) is 4.99 Å². The van der Waals surface area contributed by atoms with Crippen LogP contribution in [-0.2, 0) is 10.6 Å². The van der Waals surface area contributed by atoms with Gasteiger partial charge < -0.3 is 5.11 Å². The molecular weight excluding hydrogens is 409 g/mol. The summed E-state index contributed by atoms with van der Waals surface area (Å²) in [7, 11) is 0.510. The van der Waals surface area contributed by atoms with Gasteiger partial charge in [-0.3, -0.25) is 4.99 Å². The SMILES string of the molecule is CCC(C)(Pc1ccc(C)cc1C=Nc1ccccc1)c1cc(C)cc(C(C)(C)C)c1O. The molecule has 3 aromatic carbocycles. The molecule has 0 bridgehead atoms. The van der Waals surface area contributed by atoms with Crippen LogP contribution < -0.4 is 5.30 Å². The zero-order valence-corrected chi connectivity index (χ0v) is 21.5. The number of phenols is 1. The number of aliphatic imine (C=N–C) groups is 1. The topological polar surface area (TPSA) is 32.6 Å². The van der Waals surface area contributed by atoms with E-state index < -0.39 is 0 Å². The number of nitrogens with zero attached hydrogens (tertiary/aromatic N) is 1. The standard InChI is InChI=1S/C29H36NOP/c1-8-29(7,25-18-21(3)17-24(27(25)31)28(4,5)6)32-26-15-14-20(2)16-22(26)19-30-23-12-10-9-11-13-23/h9-19,31-32H,8H2,1-7H3. The van der Waals surface area contributed by atoms with Crippen molar-refractivity contribution in [2.45, 2.75) is 65.5 Å². The predicted molar refractivity (Wildman–Crippen MR) is 142 cm³/mol. The van der Waals surface area contributed by atoms with E-state index in [1.54, 1.807) is 0 Å². The Morgan fingerprint density at radius 1 is 0.875 bits per heavy atom. The summed E-state index contributed by atoms with van der Waals surface area (Å²) in [6.07, 6.45) is 2.92. The lowest BCUT2D eigenvalue weighted by Gasteiger charge is -2.33. The molecule has 0 spiro atoms. The van der Waals surface area contributed by atoms with Crippen LogP contribution in [0.3, 0.4) is 0 Å². The van der Waals surface area contributed by atoms with Gasteiger partial charge in [0.2, 0.25) is 0 Å². The fourth-order valence-electron chi connectivity index (χ4n) is 3.98. The van der Waals surface area contributed by atoms with Crippen LogP contribution in [0.4, 0.5) is 5.69 Å². The van der Waals surface area contributed by atoms with Crippen molar-refractivity contribution in [1.29, 1.82) is 0 Å². The minimum absolute atomic E-state index is 0.111. The molecule has 2 unspecified atom stereocenters. The van der Waals surface area contributed by atoms with E-state index in [0.717, 1.165) is 28.8 Å². The van der Waals surface area contributed by atoms with Gasteiger partial charge in [0.05, 0.1) is 5.69 Å². The van der Waals surface area contributed by atoms with E-state index in [1.807, 2.05) is 36.5 Å². The van der Waals surface area contributed by atoms with E-state index in [2.05, 4.69) is 78.8 Å². The highest BCUT2D eigenvalue weighted by Gasteiger charge is 2.32. The number of rotatable bonds is 6. The number of aromatic hydroxyl groups is 1. The van der Waals surface area contributed by atoms with Crippen molar-refractivity contribution in [2.75, 3.05) is 0 Å². The van der Waals surface area contributed by atoms with Crippen LogP contribution in [0.15, 0.2) is 65.7 Å². The minimum Gasteiger partial charge on any atom is -0.507 e. The molecular formula is C29H36NOP. The molecule has 0 heterocycles. The highest BCUT2D eigenvalue weighted by molar-refractivity contribution is 7.48. The number of hydrogen-bond acceptors (Lipinski definition) is 2. The fraction of sp³-hybridized carbons (Fsp3) is 0.345. The first-order valence-corrected chi connectivity index (χ1v) is 12.4. The summed E-state index contributed by atoms with van der Waals surface area (Å²) in [5.41, 5.74) is 6.48. The average molecular weight is 446 g/mol. The zero-order valence-electron chi connectivity index (χ0n) is 20.5. The number of phenolic OH excluding ortho intramolecular Hbond substituents is 1. The third-order valence-corrected chi connectivity index (χ3v) is 7.99. The van der Waals surface area contributed by atoms with E-state index in [0.29, 0.717) is 14.3 Å². The molecule has 0 radical (unpaired) electrons. The van der Waals surface area contributed by atoms with Gasteiger partial charge in [-0.1, -0.05) is 96.8 Å². The van der Waals surface area contributed by atoms with Crippen molar-refractivity contribution < 1.29 is 5.11 Å². The first kappa shape index (κ1) is 24.2. The monoisotopic (exact) mass is 445 g/mol. The van der Waals surface area contributed by atoms with Crippen LogP contribution in [0, 0.1) is 13.8 Å². The predicted octanol–water partition coefficient (Wildman–Crippen LogP) is 7.69. The van der Waals surface area contributed by atoms with Gasteiger partial charge in [0.1, 0.15) is 5.75 Å². The average Bonchev–Trinajstić information content (AvgIpc) is 2.75. The van der Waals surface area contributed by atoms with E-state index in [9.17, 15) is 5.11 Å². The first-order valence-electron chi connectivity index (χ1n) is 11.4. The lowest BCUT2D eigenvalue weighted by atomic mass is 9.82. The summed E-state index contributed by atoms with van der Waals surface area (Å²) in [4.78, 5) is 4.71. The molecule has 0 amide bonds. The summed E-state index contributed by atoms with van der Waals surface area (Å²) in [5, 5.41) is 12.4. The van der Waals surface area contributed by atoms with E-state index in [-0.39, 0.29) is 10.6 Å². The Hall–Kier alpha value is -2.44. The molecule has 0 aliphatic rings. The molecule has 0 aliphatic heterocycles. The highest BCUT2D eigenvalue weighted by atomic mass is 31.1. The summed E-state index contributed by atoms with van der Waals surface area (Å²) in [5.74, 6) is 0.451. The summed E-state index contributed by atoms with van der Waals surface area (Å²) in [6, 6.07) is 21.0. The lowest BCUT2D eigenvalue weighted by Crippen LogP contribution is -2.22. The van der Waals surface area contributed by atoms with Crippen LogP contribution >= 0.6 is 8.58 Å². The van der Waals surface area contributed by atoms with Gasteiger partial charge in [-0.2, -0.15) is 0 Å². The lowest BCUT2D eigenvalue weighted by molar-refractivity contribution is 0.430. The Morgan fingerprint density at radius 2 is 1.53 bits per heavy atom. The van der Waals surface area contributed by atoms with E-state index in [1.165, 1.54) is 16.4 Å². The van der Waals surface area contributed by atoms with Crippen molar-refractivity contribution in [3.8, 4) is 5.75 Å². The molecule has 1 N–H and O–H groups in total. The summed E-state index contributed by atoms with van der Waals surface area (Å²) < 4.78 is 0. The number of benzene rings is 3. The molecule has 32 heavy (non-hydrogen) atoms. The molecule has 168 valence electrons. The number of hydrogen-bond donors (Lipinski definition) is 1. The highest BCUT2D eigenvalue weighted by Crippen LogP contribution is 2.50. The molecule has 3 heteroatoms. The second kappa shape index (κ2) is 9.59. The number of aryl methyl sites for hydroxylation is 2. The smallest absolute Gasteiger partial charge is 0.123 e. The summed E-state index contributed by atoms with van der Waals surface area (Å²) >= 11 is 0. The zero-order chi connectivity index (χ0) is 23.5. The quantitative estimate of drug-likeness (QED) is 0.306.